The maximum atomic E-state index is 12.6. The maximum absolute atomic E-state index is 12.6. The van der Waals surface area contributed by atoms with Crippen molar-refractivity contribution in [3.63, 3.8) is 0 Å². The van der Waals surface area contributed by atoms with Crippen LogP contribution in [0.25, 0.3) is 0 Å². The predicted octanol–water partition coefficient (Wildman–Crippen LogP) is 2.64. The third kappa shape index (κ3) is 3.78. The van der Waals surface area contributed by atoms with Gasteiger partial charge in [0.15, 0.2) is 0 Å². The van der Waals surface area contributed by atoms with E-state index in [-0.39, 0.29) is 24.2 Å². The van der Waals surface area contributed by atoms with E-state index >= 15 is 0 Å². The number of hydrogen-bond acceptors (Lipinski definition) is 5. The highest BCUT2D eigenvalue weighted by Crippen LogP contribution is 2.24. The minimum absolute atomic E-state index is 0.0429. The van der Waals surface area contributed by atoms with Gasteiger partial charge >= 0.3 is 5.69 Å². The molecule has 8 nitrogen and oxygen atoms in total. The fourth-order valence-corrected chi connectivity index (χ4v) is 2.67. The molecule has 2 rings (SSSR count). The molecule has 1 atom stereocenters. The van der Waals surface area contributed by atoms with E-state index < -0.39 is 4.92 Å². The number of likely N-dealkylation sites (N-methyl/N-ethyl adjacent to an activating group) is 1. The number of rotatable bonds is 6. The molecule has 25 heavy (non-hydrogen) atoms. The van der Waals surface area contributed by atoms with Gasteiger partial charge in [-0.25, -0.2) is 0 Å². The molecule has 0 saturated carbocycles. The third-order valence-electron chi connectivity index (χ3n) is 4.38. The number of methoxy groups -OCH3 is 1. The van der Waals surface area contributed by atoms with E-state index in [0.717, 1.165) is 11.3 Å². The molecule has 1 heterocycles. The standard InChI is InChI=1S/C17H22N4O4/c1-11-17(21(23)24)13(3)20(18-11)10-16(22)19(4)12(2)14-6-8-15(25-5)9-7-14/h6-9,12H,10H2,1-5H3. The first-order valence-electron chi connectivity index (χ1n) is 7.84. The van der Waals surface area contributed by atoms with E-state index in [2.05, 4.69) is 5.10 Å². The second-order valence-electron chi connectivity index (χ2n) is 5.89. The van der Waals surface area contributed by atoms with Crippen LogP contribution in [0.15, 0.2) is 24.3 Å². The molecule has 0 aliphatic heterocycles. The van der Waals surface area contributed by atoms with E-state index in [1.165, 1.54) is 4.68 Å². The fourth-order valence-electron chi connectivity index (χ4n) is 2.67. The Bertz CT molecular complexity index is 783. The van der Waals surface area contributed by atoms with Gasteiger partial charge in [0, 0.05) is 7.05 Å². The topological polar surface area (TPSA) is 90.5 Å². The Morgan fingerprint density at radius 2 is 1.96 bits per heavy atom. The first-order valence-corrected chi connectivity index (χ1v) is 7.84. The van der Waals surface area contributed by atoms with Crippen molar-refractivity contribution in [2.45, 2.75) is 33.4 Å². The molecule has 2 aromatic rings. The number of aryl methyl sites for hydroxylation is 1. The van der Waals surface area contributed by atoms with Crippen molar-refractivity contribution in [2.24, 2.45) is 0 Å². The molecule has 0 radical (unpaired) electrons. The monoisotopic (exact) mass is 346 g/mol. The molecule has 0 aliphatic carbocycles. The fraction of sp³-hybridized carbons (Fsp3) is 0.412. The highest BCUT2D eigenvalue weighted by molar-refractivity contribution is 5.76. The zero-order valence-corrected chi connectivity index (χ0v) is 15.0. The Labute approximate surface area is 146 Å². The van der Waals surface area contributed by atoms with Gasteiger partial charge in [0.05, 0.1) is 18.1 Å². The summed E-state index contributed by atoms with van der Waals surface area (Å²) in [6.07, 6.45) is 0. The number of aromatic nitrogens is 2. The maximum Gasteiger partial charge on any atom is 0.312 e. The van der Waals surface area contributed by atoms with Crippen molar-refractivity contribution in [2.75, 3.05) is 14.2 Å². The number of nitro groups is 1. The van der Waals surface area contributed by atoms with Crippen molar-refractivity contribution < 1.29 is 14.5 Å². The zero-order chi connectivity index (χ0) is 18.7. The Morgan fingerprint density at radius 1 is 1.36 bits per heavy atom. The van der Waals surface area contributed by atoms with Crippen LogP contribution in [-0.2, 0) is 11.3 Å². The molecule has 0 bridgehead atoms. The second-order valence-corrected chi connectivity index (χ2v) is 5.89. The van der Waals surface area contributed by atoms with Crippen LogP contribution in [0, 0.1) is 24.0 Å². The Morgan fingerprint density at radius 3 is 2.44 bits per heavy atom. The van der Waals surface area contributed by atoms with Crippen molar-refractivity contribution in [3.05, 3.63) is 51.3 Å². The molecule has 0 fully saturated rings. The van der Waals surface area contributed by atoms with Gasteiger partial charge in [0.25, 0.3) is 0 Å². The number of hydrogen-bond donors (Lipinski definition) is 0. The normalized spacial score (nSPS) is 11.9. The quantitative estimate of drug-likeness (QED) is 0.592. The molecular formula is C17H22N4O4. The van der Waals surface area contributed by atoms with Crippen LogP contribution < -0.4 is 4.74 Å². The van der Waals surface area contributed by atoms with Crippen molar-refractivity contribution >= 4 is 11.6 Å². The molecule has 1 aromatic carbocycles. The van der Waals surface area contributed by atoms with Gasteiger partial charge in [-0.2, -0.15) is 5.10 Å². The van der Waals surface area contributed by atoms with E-state index in [4.69, 9.17) is 4.74 Å². The molecule has 1 aromatic heterocycles. The van der Waals surface area contributed by atoms with Crippen molar-refractivity contribution in [3.8, 4) is 5.75 Å². The van der Waals surface area contributed by atoms with E-state index in [0.29, 0.717) is 11.4 Å². The van der Waals surface area contributed by atoms with E-state index in [1.807, 2.05) is 31.2 Å². The Balaban J connectivity index is 2.14. The SMILES string of the molecule is COc1ccc(C(C)N(C)C(=O)Cn2nc(C)c([N+](=O)[O-])c2C)cc1. The highest BCUT2D eigenvalue weighted by atomic mass is 16.6. The van der Waals surface area contributed by atoms with Crippen molar-refractivity contribution in [1.82, 2.24) is 14.7 Å². The average Bonchev–Trinajstić information content (AvgIpc) is 2.87. The summed E-state index contributed by atoms with van der Waals surface area (Å²) in [6.45, 7) is 5.04. The summed E-state index contributed by atoms with van der Waals surface area (Å²) in [4.78, 5) is 24.8. The molecule has 0 N–H and O–H groups in total. The summed E-state index contributed by atoms with van der Waals surface area (Å²) in [6, 6.07) is 7.34. The molecule has 8 heteroatoms. The van der Waals surface area contributed by atoms with Gasteiger partial charge in [0.2, 0.25) is 5.91 Å². The smallest absolute Gasteiger partial charge is 0.312 e. The summed E-state index contributed by atoms with van der Waals surface area (Å²) in [5.41, 5.74) is 1.61. The van der Waals surface area contributed by atoms with Crippen LogP contribution in [0.1, 0.15) is 29.9 Å². The summed E-state index contributed by atoms with van der Waals surface area (Å²) in [7, 11) is 3.30. The lowest BCUT2D eigenvalue weighted by Gasteiger charge is -2.25. The second kappa shape index (κ2) is 7.33. The molecule has 0 spiro atoms. The number of carbonyl (C=O) groups is 1. The molecule has 1 amide bonds. The van der Waals surface area contributed by atoms with E-state index in [9.17, 15) is 14.9 Å². The Hall–Kier alpha value is -2.90. The third-order valence-corrected chi connectivity index (χ3v) is 4.38. The number of carbonyl (C=O) groups excluding carboxylic acids is 1. The first-order chi connectivity index (χ1) is 11.8. The minimum atomic E-state index is -0.470. The highest BCUT2D eigenvalue weighted by Gasteiger charge is 2.24. The number of ether oxygens (including phenoxy) is 1. The van der Waals surface area contributed by atoms with Gasteiger partial charge in [-0.15, -0.1) is 0 Å². The summed E-state index contributed by atoms with van der Waals surface area (Å²) in [5.74, 6) is 0.573. The van der Waals surface area contributed by atoms with Gasteiger partial charge in [-0.05, 0) is 38.5 Å². The van der Waals surface area contributed by atoms with E-state index in [1.54, 1.807) is 32.9 Å². The van der Waals surface area contributed by atoms with Crippen LogP contribution in [0.4, 0.5) is 5.69 Å². The van der Waals surface area contributed by atoms with Crippen molar-refractivity contribution in [1.29, 1.82) is 0 Å². The molecule has 0 aliphatic rings. The summed E-state index contributed by atoms with van der Waals surface area (Å²) >= 11 is 0. The lowest BCUT2D eigenvalue weighted by Crippen LogP contribution is -2.33. The summed E-state index contributed by atoms with van der Waals surface area (Å²) < 4.78 is 6.52. The van der Waals surface area contributed by atoms with Gasteiger partial charge < -0.3 is 9.64 Å². The van der Waals surface area contributed by atoms with Crippen LogP contribution in [-0.4, -0.2) is 39.7 Å². The van der Waals surface area contributed by atoms with Crippen LogP contribution in [0.5, 0.6) is 5.75 Å². The molecular weight excluding hydrogens is 324 g/mol. The number of benzene rings is 1. The molecule has 134 valence electrons. The molecule has 1 unspecified atom stereocenters. The molecule has 0 saturated heterocycles. The average molecular weight is 346 g/mol. The number of nitrogens with zero attached hydrogens (tertiary/aromatic N) is 4. The lowest BCUT2D eigenvalue weighted by molar-refractivity contribution is -0.386. The van der Waals surface area contributed by atoms with Gasteiger partial charge in [-0.1, -0.05) is 12.1 Å². The summed E-state index contributed by atoms with van der Waals surface area (Å²) in [5, 5.41) is 15.2. The van der Waals surface area contributed by atoms with Gasteiger partial charge in [0.1, 0.15) is 23.7 Å². The van der Waals surface area contributed by atoms with Crippen LogP contribution >= 0.6 is 0 Å². The predicted molar refractivity (Wildman–Crippen MR) is 92.5 cm³/mol. The van der Waals surface area contributed by atoms with Crippen LogP contribution in [0.2, 0.25) is 0 Å². The minimum Gasteiger partial charge on any atom is -0.497 e. The zero-order valence-electron chi connectivity index (χ0n) is 15.0. The number of amides is 1. The Kier molecular flexibility index (Phi) is 5.41. The largest absolute Gasteiger partial charge is 0.497 e. The lowest BCUT2D eigenvalue weighted by atomic mass is 10.1. The van der Waals surface area contributed by atoms with Crippen LogP contribution in [0.3, 0.4) is 0 Å². The first kappa shape index (κ1) is 18.4. The van der Waals surface area contributed by atoms with Gasteiger partial charge in [-0.3, -0.25) is 19.6 Å².